The highest BCUT2D eigenvalue weighted by atomic mass is 35.5. The topological polar surface area (TPSA) is 79.3 Å². The van der Waals surface area contributed by atoms with Crippen LogP contribution in [-0.4, -0.2) is 28.5 Å². The summed E-state index contributed by atoms with van der Waals surface area (Å²) >= 11 is 7.26. The highest BCUT2D eigenvalue weighted by Gasteiger charge is 2.46. The minimum Gasteiger partial charge on any atom is -0.476 e. The van der Waals surface area contributed by atoms with E-state index in [0.717, 1.165) is 0 Å². The smallest absolute Gasteiger partial charge is 0.355 e. The van der Waals surface area contributed by atoms with Gasteiger partial charge in [-0.15, -0.1) is 11.3 Å². The predicted molar refractivity (Wildman–Crippen MR) is 88.0 cm³/mol. The molecule has 0 bridgehead atoms. The first kappa shape index (κ1) is 16.9. The fraction of sp³-hybridized carbons (Fsp3) is 0.312. The number of aromatic nitrogens is 1. The number of amides is 1. The molecule has 5 nitrogen and oxygen atoms in total. The Morgan fingerprint density at radius 3 is 2.92 bits per heavy atom. The van der Waals surface area contributed by atoms with Gasteiger partial charge in [0.1, 0.15) is 5.82 Å². The lowest BCUT2D eigenvalue weighted by molar-refractivity contribution is -0.122. The van der Waals surface area contributed by atoms with E-state index in [1.807, 2.05) is 0 Å². The van der Waals surface area contributed by atoms with E-state index in [9.17, 15) is 14.0 Å². The van der Waals surface area contributed by atoms with Gasteiger partial charge in [-0.05, 0) is 18.6 Å². The third-order valence-corrected chi connectivity index (χ3v) is 5.14. The zero-order valence-electron chi connectivity index (χ0n) is 12.5. The number of hydrogen-bond donors (Lipinski definition) is 2. The van der Waals surface area contributed by atoms with E-state index in [1.54, 1.807) is 6.07 Å². The molecule has 126 valence electrons. The summed E-state index contributed by atoms with van der Waals surface area (Å²) in [4.78, 5) is 26.8. The maximum absolute atomic E-state index is 13.8. The van der Waals surface area contributed by atoms with Crippen LogP contribution in [0.3, 0.4) is 0 Å². The van der Waals surface area contributed by atoms with Crippen LogP contribution in [0.5, 0.6) is 0 Å². The fourth-order valence-corrected chi connectivity index (χ4v) is 3.69. The Morgan fingerprint density at radius 2 is 2.25 bits per heavy atom. The lowest BCUT2D eigenvalue weighted by Crippen LogP contribution is -2.27. The third kappa shape index (κ3) is 3.57. The fourth-order valence-electron chi connectivity index (χ4n) is 2.62. The number of carbonyl (C=O) groups is 2. The van der Waals surface area contributed by atoms with Crippen LogP contribution >= 0.6 is 22.9 Å². The second-order valence-electron chi connectivity index (χ2n) is 5.56. The number of halogens is 2. The highest BCUT2D eigenvalue weighted by molar-refractivity contribution is 7.09. The molecule has 2 N–H and O–H groups in total. The van der Waals surface area contributed by atoms with E-state index in [4.69, 9.17) is 16.7 Å². The molecule has 24 heavy (non-hydrogen) atoms. The molecule has 1 aliphatic carbocycles. The minimum absolute atomic E-state index is 0.0118. The number of nitrogens with zero attached hydrogens (tertiary/aromatic N) is 1. The summed E-state index contributed by atoms with van der Waals surface area (Å²) < 4.78 is 13.8. The molecule has 1 saturated carbocycles. The first-order valence-corrected chi connectivity index (χ1v) is 8.62. The molecule has 1 amide bonds. The van der Waals surface area contributed by atoms with Crippen molar-refractivity contribution in [2.45, 2.75) is 18.8 Å². The molecule has 2 aromatic rings. The molecule has 3 rings (SSSR count). The number of benzene rings is 1. The summed E-state index contributed by atoms with van der Waals surface area (Å²) in [6.07, 6.45) is 1.04. The molecule has 1 fully saturated rings. The molecule has 1 aromatic carbocycles. The Hall–Kier alpha value is -1.99. The van der Waals surface area contributed by atoms with E-state index in [2.05, 4.69) is 10.3 Å². The van der Waals surface area contributed by atoms with Gasteiger partial charge in [0, 0.05) is 40.8 Å². The van der Waals surface area contributed by atoms with Gasteiger partial charge in [0.25, 0.3) is 0 Å². The second-order valence-corrected chi connectivity index (χ2v) is 6.91. The number of thiazole rings is 1. The molecule has 8 heteroatoms. The molecule has 2 unspecified atom stereocenters. The largest absolute Gasteiger partial charge is 0.476 e. The Bertz CT molecular complexity index is 775. The summed E-state index contributed by atoms with van der Waals surface area (Å²) in [7, 11) is 0. The molecule has 1 aromatic heterocycles. The van der Waals surface area contributed by atoms with Crippen molar-refractivity contribution in [2.24, 2.45) is 5.92 Å². The van der Waals surface area contributed by atoms with Gasteiger partial charge >= 0.3 is 5.97 Å². The van der Waals surface area contributed by atoms with Crippen molar-refractivity contribution in [3.63, 3.8) is 0 Å². The van der Waals surface area contributed by atoms with Crippen molar-refractivity contribution in [3.05, 3.63) is 50.7 Å². The normalized spacial score (nSPS) is 19.1. The van der Waals surface area contributed by atoms with Crippen LogP contribution in [0.4, 0.5) is 4.39 Å². The van der Waals surface area contributed by atoms with Gasteiger partial charge in [-0.25, -0.2) is 14.2 Å². The molecule has 0 spiro atoms. The van der Waals surface area contributed by atoms with E-state index >= 15 is 0 Å². The molecular formula is C16H14ClFN2O3S. The van der Waals surface area contributed by atoms with Crippen LogP contribution in [-0.2, 0) is 11.2 Å². The molecular weight excluding hydrogens is 355 g/mol. The number of aromatic carboxylic acids is 1. The highest BCUT2D eigenvalue weighted by Crippen LogP contribution is 2.50. The van der Waals surface area contributed by atoms with Gasteiger partial charge in [-0.1, -0.05) is 17.7 Å². The Morgan fingerprint density at radius 1 is 1.46 bits per heavy atom. The summed E-state index contributed by atoms with van der Waals surface area (Å²) in [5, 5.41) is 14.1. The van der Waals surface area contributed by atoms with E-state index in [-0.39, 0.29) is 29.3 Å². The lowest BCUT2D eigenvalue weighted by Gasteiger charge is -2.06. The van der Waals surface area contributed by atoms with Crippen LogP contribution in [0.25, 0.3) is 0 Å². The van der Waals surface area contributed by atoms with E-state index in [1.165, 1.54) is 28.8 Å². The summed E-state index contributed by atoms with van der Waals surface area (Å²) in [6, 6.07) is 4.50. The zero-order valence-corrected chi connectivity index (χ0v) is 14.0. The van der Waals surface area contributed by atoms with Crippen LogP contribution in [0.1, 0.15) is 33.4 Å². The average molecular weight is 369 g/mol. The predicted octanol–water partition coefficient (Wildman–Crippen LogP) is 3.10. The maximum atomic E-state index is 13.8. The van der Waals surface area contributed by atoms with Crippen LogP contribution in [0, 0.1) is 11.7 Å². The van der Waals surface area contributed by atoms with Crippen molar-refractivity contribution in [2.75, 3.05) is 6.54 Å². The molecule has 0 radical (unpaired) electrons. The Labute approximate surface area is 146 Å². The number of carboxylic acids is 1. The van der Waals surface area contributed by atoms with Crippen LogP contribution in [0.2, 0.25) is 5.02 Å². The van der Waals surface area contributed by atoms with Crippen LogP contribution < -0.4 is 5.32 Å². The number of hydrogen-bond acceptors (Lipinski definition) is 4. The van der Waals surface area contributed by atoms with E-state index < -0.39 is 5.97 Å². The minimum atomic E-state index is -1.07. The molecule has 2 atom stereocenters. The summed E-state index contributed by atoms with van der Waals surface area (Å²) in [6.45, 7) is 0.361. The Kier molecular flexibility index (Phi) is 4.82. The summed E-state index contributed by atoms with van der Waals surface area (Å²) in [5.41, 5.74) is 0.420. The van der Waals surface area contributed by atoms with Gasteiger partial charge < -0.3 is 10.4 Å². The monoisotopic (exact) mass is 368 g/mol. The standard InChI is InChI=1S/C16H14ClFN2O3S/c17-10-2-1-3-11(18)14(10)8-6-9(8)15(21)19-5-4-13-20-12(7-24-13)16(22)23/h1-3,7-9H,4-6H2,(H,19,21)(H,22,23). The summed E-state index contributed by atoms with van der Waals surface area (Å²) in [5.74, 6) is -2.05. The first-order chi connectivity index (χ1) is 11.5. The van der Waals surface area contributed by atoms with Gasteiger partial charge in [0.2, 0.25) is 5.91 Å². The zero-order chi connectivity index (χ0) is 17.3. The van der Waals surface area contributed by atoms with Crippen molar-refractivity contribution in [1.82, 2.24) is 10.3 Å². The molecule has 0 saturated heterocycles. The second kappa shape index (κ2) is 6.86. The molecule has 1 heterocycles. The van der Waals surface area contributed by atoms with Gasteiger partial charge in [-0.2, -0.15) is 0 Å². The average Bonchev–Trinajstić information content (AvgIpc) is 3.15. The van der Waals surface area contributed by atoms with Gasteiger partial charge in [-0.3, -0.25) is 4.79 Å². The molecule has 1 aliphatic rings. The van der Waals surface area contributed by atoms with E-state index in [0.29, 0.717) is 35.0 Å². The Balaban J connectivity index is 1.51. The number of carbonyl (C=O) groups excluding carboxylic acids is 1. The third-order valence-electron chi connectivity index (χ3n) is 3.91. The quantitative estimate of drug-likeness (QED) is 0.821. The van der Waals surface area contributed by atoms with Crippen LogP contribution in [0.15, 0.2) is 23.6 Å². The molecule has 0 aliphatic heterocycles. The van der Waals surface area contributed by atoms with Crippen molar-refractivity contribution >= 4 is 34.8 Å². The van der Waals surface area contributed by atoms with Crippen molar-refractivity contribution < 1.29 is 19.1 Å². The lowest BCUT2D eigenvalue weighted by atomic mass is 10.1. The van der Waals surface area contributed by atoms with Crippen molar-refractivity contribution in [3.8, 4) is 0 Å². The number of carboxylic acid groups (broad SMARTS) is 1. The van der Waals surface area contributed by atoms with Gasteiger partial charge in [0.15, 0.2) is 5.69 Å². The first-order valence-electron chi connectivity index (χ1n) is 7.36. The maximum Gasteiger partial charge on any atom is 0.355 e. The SMILES string of the molecule is O=C(O)c1csc(CCNC(=O)C2CC2c2c(F)cccc2Cl)n1. The number of nitrogens with one attached hydrogen (secondary N) is 1. The number of rotatable bonds is 6. The van der Waals surface area contributed by atoms with Crippen molar-refractivity contribution in [1.29, 1.82) is 0 Å². The van der Waals surface area contributed by atoms with Gasteiger partial charge in [0.05, 0.1) is 5.01 Å².